The second-order valence-electron chi connectivity index (χ2n) is 6.81. The Kier molecular flexibility index (Phi) is 4.82. The maximum absolute atomic E-state index is 3.57. The average Bonchev–Trinajstić information content (AvgIpc) is 2.85. The van der Waals surface area contributed by atoms with E-state index in [0.29, 0.717) is 5.92 Å². The molecule has 0 radical (unpaired) electrons. The van der Waals surface area contributed by atoms with Crippen LogP contribution in [0.5, 0.6) is 0 Å². The molecule has 0 aliphatic rings. The number of nitrogens with one attached hydrogen (secondary N) is 1. The van der Waals surface area contributed by atoms with Gasteiger partial charge >= 0.3 is 0 Å². The van der Waals surface area contributed by atoms with E-state index in [1.54, 1.807) is 0 Å². The molecule has 2 nitrogen and oxygen atoms in total. The number of fused-ring (bicyclic) bond motifs is 1. The number of benzene rings is 2. The molecule has 0 saturated heterocycles. The molecule has 0 spiro atoms. The van der Waals surface area contributed by atoms with E-state index in [1.165, 1.54) is 27.6 Å². The number of para-hydroxylation sites is 1. The largest absolute Gasteiger partial charge is 0.343 e. The lowest BCUT2D eigenvalue weighted by Crippen LogP contribution is -2.18. The predicted molar refractivity (Wildman–Crippen MR) is 98.8 cm³/mol. The maximum atomic E-state index is 3.57. The third-order valence-electron chi connectivity index (χ3n) is 4.17. The Morgan fingerprint density at radius 2 is 1.87 bits per heavy atom. The fourth-order valence-corrected chi connectivity index (χ4v) is 3.10. The van der Waals surface area contributed by atoms with Crippen molar-refractivity contribution >= 4 is 10.9 Å². The van der Waals surface area contributed by atoms with Gasteiger partial charge in [-0.1, -0.05) is 61.9 Å². The zero-order chi connectivity index (χ0) is 16.2. The number of rotatable bonds is 6. The summed E-state index contributed by atoms with van der Waals surface area (Å²) in [4.78, 5) is 0. The zero-order valence-corrected chi connectivity index (χ0v) is 14.3. The smallest absolute Gasteiger partial charge is 0.0486 e. The molecule has 0 atom stereocenters. The van der Waals surface area contributed by atoms with Gasteiger partial charge in [0.15, 0.2) is 0 Å². The van der Waals surface area contributed by atoms with Gasteiger partial charge in [0.25, 0.3) is 0 Å². The third kappa shape index (κ3) is 3.83. The molecule has 0 bridgehead atoms. The van der Waals surface area contributed by atoms with E-state index in [1.807, 2.05) is 0 Å². The minimum Gasteiger partial charge on any atom is -0.343 e. The van der Waals surface area contributed by atoms with Gasteiger partial charge in [0, 0.05) is 30.2 Å². The van der Waals surface area contributed by atoms with E-state index in [4.69, 9.17) is 0 Å². The van der Waals surface area contributed by atoms with E-state index in [2.05, 4.69) is 85.4 Å². The fourth-order valence-electron chi connectivity index (χ4n) is 3.10. The monoisotopic (exact) mass is 306 g/mol. The summed E-state index contributed by atoms with van der Waals surface area (Å²) in [5.41, 5.74) is 5.37. The van der Waals surface area contributed by atoms with Crippen LogP contribution in [-0.2, 0) is 13.1 Å². The van der Waals surface area contributed by atoms with Gasteiger partial charge in [-0.15, -0.1) is 0 Å². The first-order valence-electron chi connectivity index (χ1n) is 8.46. The van der Waals surface area contributed by atoms with Gasteiger partial charge in [-0.3, -0.25) is 0 Å². The first-order valence-corrected chi connectivity index (χ1v) is 8.46. The lowest BCUT2D eigenvalue weighted by Gasteiger charge is -2.07. The second-order valence-corrected chi connectivity index (χ2v) is 6.81. The first-order chi connectivity index (χ1) is 11.1. The predicted octanol–water partition coefficient (Wildman–Crippen LogP) is 4.74. The van der Waals surface area contributed by atoms with Crippen molar-refractivity contribution in [3.8, 4) is 0 Å². The summed E-state index contributed by atoms with van der Waals surface area (Å²) in [7, 11) is 0. The highest BCUT2D eigenvalue weighted by atomic mass is 15.0. The molecule has 0 fully saturated rings. The summed E-state index contributed by atoms with van der Waals surface area (Å²) in [6.45, 7) is 9.55. The highest BCUT2D eigenvalue weighted by Crippen LogP contribution is 2.22. The molecule has 0 amide bonds. The lowest BCUT2D eigenvalue weighted by atomic mass is 10.1. The Morgan fingerprint density at radius 3 is 2.65 bits per heavy atom. The molecule has 3 aromatic rings. The number of aryl methyl sites for hydroxylation is 1. The number of aromatic nitrogens is 1. The Hall–Kier alpha value is -2.06. The van der Waals surface area contributed by atoms with Crippen molar-refractivity contribution in [3.05, 3.63) is 71.4 Å². The fraction of sp³-hybridized carbons (Fsp3) is 0.333. The van der Waals surface area contributed by atoms with Crippen molar-refractivity contribution in [2.24, 2.45) is 5.92 Å². The number of hydrogen-bond acceptors (Lipinski definition) is 1. The van der Waals surface area contributed by atoms with Gasteiger partial charge in [0.1, 0.15) is 0 Å². The van der Waals surface area contributed by atoms with Crippen LogP contribution in [0.1, 0.15) is 30.5 Å². The van der Waals surface area contributed by atoms with E-state index in [9.17, 15) is 0 Å². The van der Waals surface area contributed by atoms with Crippen LogP contribution in [0.4, 0.5) is 0 Å². The SMILES string of the molecule is Cc1cccc(Cn2cc(CNCC(C)C)c3ccccc32)c1. The summed E-state index contributed by atoms with van der Waals surface area (Å²) < 4.78 is 2.37. The highest BCUT2D eigenvalue weighted by molar-refractivity contribution is 5.84. The van der Waals surface area contributed by atoms with Gasteiger partial charge in [-0.25, -0.2) is 0 Å². The van der Waals surface area contributed by atoms with Gasteiger partial charge in [0.2, 0.25) is 0 Å². The molecular weight excluding hydrogens is 280 g/mol. The number of nitrogens with zero attached hydrogens (tertiary/aromatic N) is 1. The molecule has 2 heteroatoms. The summed E-state index contributed by atoms with van der Waals surface area (Å²) in [6, 6.07) is 17.5. The van der Waals surface area contributed by atoms with Crippen LogP contribution in [0.25, 0.3) is 10.9 Å². The molecule has 1 aromatic heterocycles. The molecule has 3 rings (SSSR count). The minimum absolute atomic E-state index is 0.677. The van der Waals surface area contributed by atoms with E-state index in [0.717, 1.165) is 19.6 Å². The van der Waals surface area contributed by atoms with Crippen molar-refractivity contribution in [1.29, 1.82) is 0 Å². The van der Waals surface area contributed by atoms with E-state index in [-0.39, 0.29) is 0 Å². The van der Waals surface area contributed by atoms with Crippen molar-refractivity contribution in [2.75, 3.05) is 6.54 Å². The van der Waals surface area contributed by atoms with Crippen molar-refractivity contribution in [3.63, 3.8) is 0 Å². The van der Waals surface area contributed by atoms with Crippen LogP contribution < -0.4 is 5.32 Å². The second kappa shape index (κ2) is 7.01. The Balaban J connectivity index is 1.88. The molecular formula is C21H26N2. The summed E-state index contributed by atoms with van der Waals surface area (Å²) in [5, 5.41) is 4.92. The zero-order valence-electron chi connectivity index (χ0n) is 14.3. The van der Waals surface area contributed by atoms with Gasteiger partial charge < -0.3 is 9.88 Å². The van der Waals surface area contributed by atoms with Crippen molar-refractivity contribution in [1.82, 2.24) is 9.88 Å². The van der Waals surface area contributed by atoms with E-state index < -0.39 is 0 Å². The highest BCUT2D eigenvalue weighted by Gasteiger charge is 2.08. The first kappa shape index (κ1) is 15.8. The van der Waals surface area contributed by atoms with E-state index >= 15 is 0 Å². The summed E-state index contributed by atoms with van der Waals surface area (Å²) in [6.07, 6.45) is 2.31. The summed E-state index contributed by atoms with van der Waals surface area (Å²) in [5.74, 6) is 0.677. The Morgan fingerprint density at radius 1 is 1.04 bits per heavy atom. The molecule has 1 N–H and O–H groups in total. The molecule has 0 saturated carbocycles. The standard InChI is InChI=1S/C21H26N2/c1-16(2)12-22-13-19-15-23(21-10-5-4-9-20(19)21)14-18-8-6-7-17(3)11-18/h4-11,15-16,22H,12-14H2,1-3H3. The van der Waals surface area contributed by atoms with Gasteiger partial charge in [-0.05, 0) is 36.6 Å². The molecule has 23 heavy (non-hydrogen) atoms. The maximum Gasteiger partial charge on any atom is 0.0486 e. The van der Waals surface area contributed by atoms with Crippen LogP contribution >= 0.6 is 0 Å². The molecule has 2 aromatic carbocycles. The van der Waals surface area contributed by atoms with Crippen LogP contribution in [0.2, 0.25) is 0 Å². The van der Waals surface area contributed by atoms with Crippen LogP contribution in [-0.4, -0.2) is 11.1 Å². The van der Waals surface area contributed by atoms with Crippen LogP contribution in [0.3, 0.4) is 0 Å². The summed E-state index contributed by atoms with van der Waals surface area (Å²) >= 11 is 0. The third-order valence-corrected chi connectivity index (χ3v) is 4.17. The average molecular weight is 306 g/mol. The molecule has 0 aliphatic carbocycles. The van der Waals surface area contributed by atoms with Crippen LogP contribution in [0.15, 0.2) is 54.7 Å². The Bertz CT molecular complexity index is 783. The normalized spacial score (nSPS) is 11.5. The van der Waals surface area contributed by atoms with Crippen molar-refractivity contribution in [2.45, 2.75) is 33.9 Å². The minimum atomic E-state index is 0.677. The molecule has 0 unspecified atom stereocenters. The number of hydrogen-bond donors (Lipinski definition) is 1. The van der Waals surface area contributed by atoms with Crippen molar-refractivity contribution < 1.29 is 0 Å². The van der Waals surface area contributed by atoms with Gasteiger partial charge in [-0.2, -0.15) is 0 Å². The topological polar surface area (TPSA) is 17.0 Å². The van der Waals surface area contributed by atoms with Crippen LogP contribution in [0, 0.1) is 12.8 Å². The molecule has 120 valence electrons. The lowest BCUT2D eigenvalue weighted by molar-refractivity contribution is 0.553. The Labute approximate surface area is 139 Å². The molecule has 1 heterocycles. The molecule has 0 aliphatic heterocycles. The van der Waals surface area contributed by atoms with Gasteiger partial charge in [0.05, 0.1) is 0 Å². The quantitative estimate of drug-likeness (QED) is 0.696.